The van der Waals surface area contributed by atoms with Crippen LogP contribution in [0.2, 0.25) is 0 Å². The van der Waals surface area contributed by atoms with Crippen molar-refractivity contribution in [2.24, 2.45) is 0 Å². The Bertz CT molecular complexity index is 308. The fraction of sp³-hybridized carbons (Fsp3) is 0.778. The van der Waals surface area contributed by atoms with Crippen molar-refractivity contribution in [2.75, 3.05) is 7.11 Å². The van der Waals surface area contributed by atoms with Crippen LogP contribution >= 0.6 is 15.9 Å². The minimum Gasteiger partial charge on any atom is -0.467 e. The molecule has 98 valence electrons. The highest BCUT2D eigenvalue weighted by atomic mass is 79.9. The number of hydrogen-bond acceptors (Lipinski definition) is 7. The third-order valence-electron chi connectivity index (χ3n) is 2.27. The largest absolute Gasteiger partial charge is 0.467 e. The minimum absolute atomic E-state index is 0.634. The molecular weight excluding hydrogens is 300 g/mol. The van der Waals surface area contributed by atoms with Crippen LogP contribution in [0.5, 0.6) is 0 Å². The van der Waals surface area contributed by atoms with Crippen LogP contribution in [-0.4, -0.2) is 58.7 Å². The van der Waals surface area contributed by atoms with Crippen molar-refractivity contribution < 1.29 is 34.0 Å². The third-order valence-corrected chi connectivity index (χ3v) is 3.00. The normalized spacial score (nSPS) is 37.4. The predicted octanol–water partition coefficient (Wildman–Crippen LogP) is -1.07. The van der Waals surface area contributed by atoms with Crippen molar-refractivity contribution >= 4 is 27.9 Å². The Hall–Kier alpha value is -0.700. The molecule has 1 rings (SSSR count). The van der Waals surface area contributed by atoms with Gasteiger partial charge in [-0.3, -0.25) is 4.79 Å². The number of halogens is 1. The number of hydrogen-bond donors (Lipinski definition) is 2. The number of carbonyl (C=O) groups is 2. The molecule has 2 N–H and O–H groups in total. The number of alkyl halides is 1. The highest BCUT2D eigenvalue weighted by Gasteiger charge is 2.48. The maximum Gasteiger partial charge on any atom is 0.337 e. The summed E-state index contributed by atoms with van der Waals surface area (Å²) < 4.78 is 14.3. The zero-order valence-electron chi connectivity index (χ0n) is 9.20. The average Bonchev–Trinajstić information content (AvgIpc) is 2.28. The lowest BCUT2D eigenvalue weighted by molar-refractivity contribution is -0.218. The van der Waals surface area contributed by atoms with E-state index in [1.807, 2.05) is 0 Å². The molecule has 1 heterocycles. The Kier molecular flexibility index (Phi) is 4.87. The van der Waals surface area contributed by atoms with Gasteiger partial charge >= 0.3 is 11.9 Å². The molecule has 1 aliphatic rings. The molecule has 0 aliphatic carbocycles. The standard InChI is InChI=1S/C9H13BrO7/c1-3(11)16-6-4(12)5(13)7(9(14)15-2)17-8(6)10/h4-8,12-13H,1-2H3/t4-,5-,6+,7-,8-/m0/s1. The van der Waals surface area contributed by atoms with Crippen LogP contribution in [0.3, 0.4) is 0 Å². The van der Waals surface area contributed by atoms with Gasteiger partial charge in [0.1, 0.15) is 12.2 Å². The molecule has 0 amide bonds. The lowest BCUT2D eigenvalue weighted by atomic mass is 10.00. The van der Waals surface area contributed by atoms with Gasteiger partial charge in [-0.15, -0.1) is 0 Å². The zero-order valence-corrected chi connectivity index (χ0v) is 10.8. The van der Waals surface area contributed by atoms with Crippen molar-refractivity contribution in [3.63, 3.8) is 0 Å². The zero-order chi connectivity index (χ0) is 13.2. The summed E-state index contributed by atoms with van der Waals surface area (Å²) in [7, 11) is 1.13. The molecule has 0 aromatic carbocycles. The smallest absolute Gasteiger partial charge is 0.337 e. The second-order valence-corrected chi connectivity index (χ2v) is 4.39. The van der Waals surface area contributed by atoms with Crippen LogP contribution < -0.4 is 0 Å². The van der Waals surface area contributed by atoms with E-state index in [1.54, 1.807) is 0 Å². The quantitative estimate of drug-likeness (QED) is 0.494. The molecule has 0 bridgehead atoms. The molecular formula is C9H13BrO7. The summed E-state index contributed by atoms with van der Waals surface area (Å²) in [6, 6.07) is 0. The highest BCUT2D eigenvalue weighted by Crippen LogP contribution is 2.27. The topological polar surface area (TPSA) is 102 Å². The van der Waals surface area contributed by atoms with E-state index in [4.69, 9.17) is 9.47 Å². The molecule has 17 heavy (non-hydrogen) atoms. The molecule has 1 saturated heterocycles. The van der Waals surface area contributed by atoms with E-state index in [-0.39, 0.29) is 0 Å². The summed E-state index contributed by atoms with van der Waals surface area (Å²) in [6.07, 6.45) is -5.39. The third kappa shape index (κ3) is 3.15. The summed E-state index contributed by atoms with van der Waals surface area (Å²) in [5.41, 5.74) is 0. The molecule has 0 aromatic rings. The van der Waals surface area contributed by atoms with Crippen LogP contribution in [0.1, 0.15) is 6.92 Å². The molecule has 5 atom stereocenters. The maximum atomic E-state index is 11.3. The summed E-state index contributed by atoms with van der Waals surface area (Å²) >= 11 is 3.01. The molecule has 0 unspecified atom stereocenters. The molecule has 0 aromatic heterocycles. The van der Waals surface area contributed by atoms with Crippen molar-refractivity contribution in [3.05, 3.63) is 0 Å². The number of rotatable bonds is 2. The van der Waals surface area contributed by atoms with Gasteiger partial charge in [0, 0.05) is 6.92 Å². The van der Waals surface area contributed by atoms with E-state index in [0.717, 1.165) is 14.0 Å². The van der Waals surface area contributed by atoms with E-state index in [1.165, 1.54) is 0 Å². The number of esters is 2. The first kappa shape index (κ1) is 14.4. The van der Waals surface area contributed by atoms with Crippen molar-refractivity contribution in [3.8, 4) is 0 Å². The fourth-order valence-corrected chi connectivity index (χ4v) is 2.11. The molecule has 7 nitrogen and oxygen atoms in total. The van der Waals surface area contributed by atoms with Gasteiger partial charge in [0.25, 0.3) is 0 Å². The van der Waals surface area contributed by atoms with Gasteiger partial charge in [-0.2, -0.15) is 0 Å². The van der Waals surface area contributed by atoms with Gasteiger partial charge < -0.3 is 24.4 Å². The minimum atomic E-state index is -1.53. The molecule has 0 saturated carbocycles. The molecule has 1 fully saturated rings. The monoisotopic (exact) mass is 312 g/mol. The first-order valence-corrected chi connectivity index (χ1v) is 5.70. The summed E-state index contributed by atoms with van der Waals surface area (Å²) in [6.45, 7) is 1.16. The van der Waals surface area contributed by atoms with Gasteiger partial charge in [-0.05, 0) is 0 Å². The van der Waals surface area contributed by atoms with Crippen molar-refractivity contribution in [1.29, 1.82) is 0 Å². The Morgan fingerprint density at radius 3 is 2.35 bits per heavy atom. The first-order valence-electron chi connectivity index (χ1n) is 4.79. The van der Waals surface area contributed by atoms with Gasteiger partial charge in [0.15, 0.2) is 17.2 Å². The first-order chi connectivity index (χ1) is 7.88. The van der Waals surface area contributed by atoms with Crippen LogP contribution in [0, 0.1) is 0 Å². The van der Waals surface area contributed by atoms with Gasteiger partial charge in [-0.1, -0.05) is 15.9 Å². The number of methoxy groups -OCH3 is 1. The Labute approximate surface area is 106 Å². The SMILES string of the molecule is COC(=O)[C@H]1O[C@H](Br)[C@H](OC(C)=O)[C@@H](O)[C@@H]1O. The molecule has 8 heteroatoms. The van der Waals surface area contributed by atoms with Gasteiger partial charge in [-0.25, -0.2) is 4.79 Å². The van der Waals surface area contributed by atoms with E-state index in [0.29, 0.717) is 0 Å². The van der Waals surface area contributed by atoms with E-state index in [9.17, 15) is 19.8 Å². The number of ether oxygens (including phenoxy) is 3. The molecule has 0 radical (unpaired) electrons. The average molecular weight is 313 g/mol. The van der Waals surface area contributed by atoms with Crippen molar-refractivity contribution in [1.82, 2.24) is 0 Å². The lowest BCUT2D eigenvalue weighted by Crippen LogP contribution is -2.59. The second-order valence-electron chi connectivity index (χ2n) is 3.49. The van der Waals surface area contributed by atoms with E-state index >= 15 is 0 Å². The summed E-state index contributed by atoms with van der Waals surface area (Å²) in [5, 5.41) is 18.5. The Morgan fingerprint density at radius 1 is 1.29 bits per heavy atom. The summed E-state index contributed by atoms with van der Waals surface area (Å²) in [4.78, 5) is 22.0. The van der Waals surface area contributed by atoms with Gasteiger partial charge in [0.2, 0.25) is 0 Å². The predicted molar refractivity (Wildman–Crippen MR) is 57.2 cm³/mol. The summed E-state index contributed by atoms with van der Waals surface area (Å²) in [5.74, 6) is -1.45. The van der Waals surface area contributed by atoms with Crippen LogP contribution in [0.4, 0.5) is 0 Å². The Balaban J connectivity index is 2.79. The second kappa shape index (κ2) is 5.76. The maximum absolute atomic E-state index is 11.3. The van der Waals surface area contributed by atoms with E-state index < -0.39 is 41.4 Å². The molecule has 1 aliphatic heterocycles. The van der Waals surface area contributed by atoms with Crippen LogP contribution in [0.25, 0.3) is 0 Å². The Morgan fingerprint density at radius 2 is 1.88 bits per heavy atom. The number of aliphatic hydroxyl groups is 2. The van der Waals surface area contributed by atoms with Crippen LogP contribution in [-0.2, 0) is 23.8 Å². The fourth-order valence-electron chi connectivity index (χ4n) is 1.45. The van der Waals surface area contributed by atoms with Crippen molar-refractivity contribution in [2.45, 2.75) is 36.4 Å². The number of carbonyl (C=O) groups excluding carboxylic acids is 2. The van der Waals surface area contributed by atoms with E-state index in [2.05, 4.69) is 20.7 Å². The van der Waals surface area contributed by atoms with Gasteiger partial charge in [0.05, 0.1) is 7.11 Å². The van der Waals surface area contributed by atoms with Crippen LogP contribution in [0.15, 0.2) is 0 Å². The number of aliphatic hydroxyl groups excluding tert-OH is 2. The molecule has 0 spiro atoms. The lowest BCUT2D eigenvalue weighted by Gasteiger charge is -2.38. The highest BCUT2D eigenvalue weighted by molar-refractivity contribution is 9.09.